The second-order valence-corrected chi connectivity index (χ2v) is 8.54. The van der Waals surface area contributed by atoms with E-state index in [-0.39, 0.29) is 17.6 Å². The van der Waals surface area contributed by atoms with Gasteiger partial charge in [-0.25, -0.2) is 9.67 Å². The molecule has 1 aromatic heterocycles. The summed E-state index contributed by atoms with van der Waals surface area (Å²) in [6.07, 6.45) is 4.16. The highest BCUT2D eigenvalue weighted by atomic mass is 15.4. The van der Waals surface area contributed by atoms with E-state index in [9.17, 15) is 0 Å². The van der Waals surface area contributed by atoms with Crippen molar-refractivity contribution in [2.75, 3.05) is 13.1 Å². The zero-order chi connectivity index (χ0) is 22.3. The summed E-state index contributed by atoms with van der Waals surface area (Å²) in [5, 5.41) is 15.4. The molecule has 1 aliphatic rings. The van der Waals surface area contributed by atoms with Gasteiger partial charge in [0.15, 0.2) is 5.96 Å². The van der Waals surface area contributed by atoms with Crippen LogP contribution >= 0.6 is 0 Å². The highest BCUT2D eigenvalue weighted by molar-refractivity contribution is 5.80. The predicted molar refractivity (Wildman–Crippen MR) is 127 cm³/mol. The van der Waals surface area contributed by atoms with Crippen LogP contribution in [0, 0.1) is 6.92 Å². The minimum atomic E-state index is -0.0548. The van der Waals surface area contributed by atoms with Crippen molar-refractivity contribution >= 4 is 5.96 Å². The van der Waals surface area contributed by atoms with Crippen LogP contribution in [0.15, 0.2) is 35.3 Å². The van der Waals surface area contributed by atoms with Crippen molar-refractivity contribution in [3.05, 3.63) is 47.5 Å². The standard InChI is InChI=1S/C24H39N7/c1-6-24(7-2,29-18(4)20-13-10-9-11-14-20)17-26-23(25-8-3)28-21-15-12-16-31-22(21)27-19(5)30-31/h9-11,13-14,18,21,29H,6-8,12,15-17H2,1-5H3,(H2,25,26,28). The lowest BCUT2D eigenvalue weighted by Gasteiger charge is -2.35. The fourth-order valence-electron chi connectivity index (χ4n) is 4.33. The van der Waals surface area contributed by atoms with E-state index in [1.165, 1.54) is 5.56 Å². The van der Waals surface area contributed by atoms with Gasteiger partial charge in [0.05, 0.1) is 12.6 Å². The molecular weight excluding hydrogens is 386 g/mol. The number of rotatable bonds is 9. The van der Waals surface area contributed by atoms with Crippen LogP contribution in [-0.2, 0) is 6.54 Å². The highest BCUT2D eigenvalue weighted by Gasteiger charge is 2.29. The smallest absolute Gasteiger partial charge is 0.191 e. The molecule has 0 bridgehead atoms. The number of fused-ring (bicyclic) bond motifs is 1. The van der Waals surface area contributed by atoms with E-state index in [1.807, 2.05) is 11.6 Å². The van der Waals surface area contributed by atoms with Gasteiger partial charge in [0.2, 0.25) is 0 Å². The number of aryl methyl sites for hydroxylation is 2. The number of benzene rings is 1. The molecule has 1 aliphatic heterocycles. The molecule has 1 aromatic carbocycles. The van der Waals surface area contributed by atoms with Crippen LogP contribution < -0.4 is 16.0 Å². The topological polar surface area (TPSA) is 79.2 Å². The van der Waals surface area contributed by atoms with E-state index in [0.29, 0.717) is 6.54 Å². The van der Waals surface area contributed by atoms with Gasteiger partial charge in [0.25, 0.3) is 0 Å². The predicted octanol–water partition coefficient (Wildman–Crippen LogP) is 3.89. The number of nitrogens with one attached hydrogen (secondary N) is 3. The Kier molecular flexibility index (Phi) is 8.07. The van der Waals surface area contributed by atoms with Gasteiger partial charge >= 0.3 is 0 Å². The fraction of sp³-hybridized carbons (Fsp3) is 0.625. The van der Waals surface area contributed by atoms with Crippen molar-refractivity contribution in [2.24, 2.45) is 4.99 Å². The monoisotopic (exact) mass is 425 g/mol. The van der Waals surface area contributed by atoms with E-state index in [1.54, 1.807) is 0 Å². The zero-order valence-corrected chi connectivity index (χ0v) is 19.8. The molecule has 0 spiro atoms. The maximum absolute atomic E-state index is 5.02. The van der Waals surface area contributed by atoms with Crippen molar-refractivity contribution in [2.45, 2.75) is 84.5 Å². The molecule has 0 radical (unpaired) electrons. The average molecular weight is 426 g/mol. The molecule has 7 nitrogen and oxygen atoms in total. The third-order valence-corrected chi connectivity index (χ3v) is 6.35. The average Bonchev–Trinajstić information content (AvgIpc) is 3.18. The summed E-state index contributed by atoms with van der Waals surface area (Å²) in [6, 6.07) is 11.0. The van der Waals surface area contributed by atoms with Crippen molar-refractivity contribution in [1.29, 1.82) is 0 Å². The molecule has 0 amide bonds. The summed E-state index contributed by atoms with van der Waals surface area (Å²) in [4.78, 5) is 9.68. The number of guanidine groups is 1. The third kappa shape index (κ3) is 5.85. The Morgan fingerprint density at radius 2 is 1.97 bits per heavy atom. The minimum absolute atomic E-state index is 0.0548. The minimum Gasteiger partial charge on any atom is -0.357 e. The SMILES string of the molecule is CCNC(=NCC(CC)(CC)NC(C)c1ccccc1)NC1CCCn2nc(C)nc21. The van der Waals surface area contributed by atoms with Gasteiger partial charge in [-0.3, -0.25) is 4.99 Å². The number of hydrogen-bond donors (Lipinski definition) is 3. The first-order chi connectivity index (χ1) is 15.0. The third-order valence-electron chi connectivity index (χ3n) is 6.35. The van der Waals surface area contributed by atoms with Gasteiger partial charge in [-0.15, -0.1) is 0 Å². The first-order valence-electron chi connectivity index (χ1n) is 11.8. The second-order valence-electron chi connectivity index (χ2n) is 8.54. The Morgan fingerprint density at radius 3 is 2.65 bits per heavy atom. The van der Waals surface area contributed by atoms with Crippen molar-refractivity contribution in [1.82, 2.24) is 30.7 Å². The molecular formula is C24H39N7. The molecule has 2 atom stereocenters. The van der Waals surface area contributed by atoms with E-state index >= 15 is 0 Å². The Labute approximate surface area is 187 Å². The summed E-state index contributed by atoms with van der Waals surface area (Å²) in [7, 11) is 0. The van der Waals surface area contributed by atoms with Gasteiger partial charge in [-0.05, 0) is 52.0 Å². The molecule has 31 heavy (non-hydrogen) atoms. The second kappa shape index (κ2) is 10.8. The van der Waals surface area contributed by atoms with Crippen molar-refractivity contribution < 1.29 is 0 Å². The molecule has 0 aliphatic carbocycles. The maximum Gasteiger partial charge on any atom is 0.191 e. The first kappa shape index (κ1) is 23.3. The fourth-order valence-corrected chi connectivity index (χ4v) is 4.33. The first-order valence-corrected chi connectivity index (χ1v) is 11.8. The van der Waals surface area contributed by atoms with Crippen molar-refractivity contribution in [3.8, 4) is 0 Å². The van der Waals surface area contributed by atoms with Gasteiger partial charge in [-0.2, -0.15) is 5.10 Å². The lowest BCUT2D eigenvalue weighted by atomic mass is 9.90. The summed E-state index contributed by atoms with van der Waals surface area (Å²) >= 11 is 0. The quantitative estimate of drug-likeness (QED) is 0.420. The van der Waals surface area contributed by atoms with Crippen LogP contribution in [0.4, 0.5) is 0 Å². The summed E-state index contributed by atoms with van der Waals surface area (Å²) in [6.45, 7) is 13.3. The highest BCUT2D eigenvalue weighted by Crippen LogP contribution is 2.24. The summed E-state index contributed by atoms with van der Waals surface area (Å²) in [5.41, 5.74) is 1.25. The number of hydrogen-bond acceptors (Lipinski definition) is 4. The Bertz CT molecular complexity index is 839. The Morgan fingerprint density at radius 1 is 1.23 bits per heavy atom. The number of aromatic nitrogens is 3. The van der Waals surface area contributed by atoms with Gasteiger partial charge in [0, 0.05) is 24.7 Å². The molecule has 3 N–H and O–H groups in total. The molecule has 2 unspecified atom stereocenters. The lowest BCUT2D eigenvalue weighted by molar-refractivity contribution is 0.280. The summed E-state index contributed by atoms with van der Waals surface area (Å²) < 4.78 is 2.03. The molecule has 0 fully saturated rings. The van der Waals surface area contributed by atoms with Crippen LogP contribution in [0.1, 0.15) is 82.7 Å². The van der Waals surface area contributed by atoms with E-state index < -0.39 is 0 Å². The molecule has 170 valence electrons. The van der Waals surface area contributed by atoms with Crippen LogP contribution in [0.25, 0.3) is 0 Å². The normalized spacial score (nSPS) is 17.8. The molecule has 0 saturated heterocycles. The zero-order valence-electron chi connectivity index (χ0n) is 19.8. The van der Waals surface area contributed by atoms with Crippen LogP contribution in [0.3, 0.4) is 0 Å². The number of nitrogens with zero attached hydrogens (tertiary/aromatic N) is 4. The lowest BCUT2D eigenvalue weighted by Crippen LogP contribution is -2.49. The molecule has 2 aromatic rings. The van der Waals surface area contributed by atoms with Crippen LogP contribution in [0.2, 0.25) is 0 Å². The Hall–Kier alpha value is -2.41. The molecule has 0 saturated carbocycles. The maximum atomic E-state index is 5.02. The van der Waals surface area contributed by atoms with E-state index in [4.69, 9.17) is 4.99 Å². The largest absolute Gasteiger partial charge is 0.357 e. The van der Waals surface area contributed by atoms with Gasteiger partial charge < -0.3 is 16.0 Å². The summed E-state index contributed by atoms with van der Waals surface area (Å²) in [5.74, 6) is 2.70. The van der Waals surface area contributed by atoms with Gasteiger partial charge in [0.1, 0.15) is 11.6 Å². The molecule has 7 heteroatoms. The van der Waals surface area contributed by atoms with Crippen LogP contribution in [0.5, 0.6) is 0 Å². The van der Waals surface area contributed by atoms with E-state index in [2.05, 4.69) is 84.1 Å². The van der Waals surface area contributed by atoms with Crippen LogP contribution in [-0.4, -0.2) is 39.4 Å². The van der Waals surface area contributed by atoms with Crippen molar-refractivity contribution in [3.63, 3.8) is 0 Å². The Balaban J connectivity index is 1.74. The number of aliphatic imine (C=N–C) groups is 1. The molecule has 3 rings (SSSR count). The van der Waals surface area contributed by atoms with E-state index in [0.717, 1.165) is 56.4 Å². The van der Waals surface area contributed by atoms with Gasteiger partial charge in [-0.1, -0.05) is 44.2 Å². The molecule has 2 heterocycles.